The van der Waals surface area contributed by atoms with Gasteiger partial charge in [-0.25, -0.2) is 14.4 Å². The highest BCUT2D eigenvalue weighted by molar-refractivity contribution is 6.34. The first-order chi connectivity index (χ1) is 17.3. The van der Waals surface area contributed by atoms with Crippen LogP contribution in [0, 0.1) is 19.7 Å². The first-order valence-electron chi connectivity index (χ1n) is 11.4. The number of fused-ring (bicyclic) bond motifs is 3. The van der Waals surface area contributed by atoms with E-state index in [9.17, 15) is 14.0 Å². The number of nitrogens with one attached hydrogen (secondary N) is 1. The third-order valence-electron chi connectivity index (χ3n) is 6.18. The summed E-state index contributed by atoms with van der Waals surface area (Å²) in [5.74, 6) is -0.449. The van der Waals surface area contributed by atoms with E-state index in [4.69, 9.17) is 11.6 Å². The van der Waals surface area contributed by atoms with Crippen molar-refractivity contribution in [1.82, 2.24) is 9.97 Å². The zero-order chi connectivity index (χ0) is 25.4. The van der Waals surface area contributed by atoms with Crippen LogP contribution < -0.4 is 10.2 Å². The fraction of sp³-hybridized carbons (Fsp3) is 0.143. The molecule has 5 rings (SSSR count). The largest absolute Gasteiger partial charge is 0.322 e. The molecular formula is C28H22ClFN4O2. The highest BCUT2D eigenvalue weighted by Gasteiger charge is 2.26. The van der Waals surface area contributed by atoms with Crippen LogP contribution in [0.3, 0.4) is 0 Å². The van der Waals surface area contributed by atoms with Crippen molar-refractivity contribution in [2.45, 2.75) is 20.3 Å². The average molecular weight is 501 g/mol. The summed E-state index contributed by atoms with van der Waals surface area (Å²) in [6, 6.07) is 16.5. The summed E-state index contributed by atoms with van der Waals surface area (Å²) in [7, 11) is 0. The summed E-state index contributed by atoms with van der Waals surface area (Å²) in [6.45, 7) is 4.14. The van der Waals surface area contributed by atoms with Crippen molar-refractivity contribution < 1.29 is 14.0 Å². The minimum absolute atomic E-state index is 0.0256. The molecule has 3 aromatic carbocycles. The predicted molar refractivity (Wildman–Crippen MR) is 138 cm³/mol. The topological polar surface area (TPSA) is 75.2 Å². The standard InChI is InChI=1S/C28H22ClFN4O2/c1-16-13-18(7-10-24(16)33-27(35)21-9-8-20(30)14-23(21)29)28(36)34-12-11-19-15-31-17(2)32-26(19)22-5-3-4-6-25(22)34/h3-10,13-15H,11-12H2,1-2H3,(H,33,35). The third kappa shape index (κ3) is 4.45. The number of amides is 2. The summed E-state index contributed by atoms with van der Waals surface area (Å²) in [5.41, 5.74) is 5.43. The molecule has 0 bridgehead atoms. The zero-order valence-corrected chi connectivity index (χ0v) is 20.4. The number of benzene rings is 3. The van der Waals surface area contributed by atoms with E-state index in [1.165, 1.54) is 12.1 Å². The lowest BCUT2D eigenvalue weighted by Crippen LogP contribution is -2.32. The van der Waals surface area contributed by atoms with Crippen molar-refractivity contribution in [1.29, 1.82) is 0 Å². The molecule has 2 heterocycles. The van der Waals surface area contributed by atoms with Crippen molar-refractivity contribution in [2.75, 3.05) is 16.8 Å². The summed E-state index contributed by atoms with van der Waals surface area (Å²) >= 11 is 6.02. The van der Waals surface area contributed by atoms with Crippen LogP contribution in [0.25, 0.3) is 11.3 Å². The van der Waals surface area contributed by atoms with Crippen molar-refractivity contribution >= 4 is 34.8 Å². The van der Waals surface area contributed by atoms with Crippen molar-refractivity contribution in [2.24, 2.45) is 0 Å². The lowest BCUT2D eigenvalue weighted by Gasteiger charge is -2.23. The Morgan fingerprint density at radius 1 is 1.06 bits per heavy atom. The molecule has 0 unspecified atom stereocenters. The van der Waals surface area contributed by atoms with E-state index < -0.39 is 11.7 Å². The number of aryl methyl sites for hydroxylation is 2. The molecule has 0 fully saturated rings. The Hall–Kier alpha value is -4.10. The van der Waals surface area contributed by atoms with E-state index in [2.05, 4.69) is 15.3 Å². The van der Waals surface area contributed by atoms with Gasteiger partial charge < -0.3 is 10.2 Å². The van der Waals surface area contributed by atoms with Gasteiger partial charge in [-0.3, -0.25) is 9.59 Å². The van der Waals surface area contributed by atoms with Gasteiger partial charge in [0, 0.05) is 29.6 Å². The summed E-state index contributed by atoms with van der Waals surface area (Å²) < 4.78 is 13.3. The van der Waals surface area contributed by atoms with Gasteiger partial charge in [-0.1, -0.05) is 29.8 Å². The third-order valence-corrected chi connectivity index (χ3v) is 6.49. The lowest BCUT2D eigenvalue weighted by molar-refractivity contribution is 0.0986. The highest BCUT2D eigenvalue weighted by atomic mass is 35.5. The molecule has 1 aliphatic rings. The number of halogens is 2. The number of para-hydroxylation sites is 1. The molecule has 36 heavy (non-hydrogen) atoms. The van der Waals surface area contributed by atoms with Crippen LogP contribution in [0.2, 0.25) is 5.02 Å². The van der Waals surface area contributed by atoms with E-state index in [-0.39, 0.29) is 16.5 Å². The second-order valence-electron chi connectivity index (χ2n) is 8.62. The molecule has 0 saturated heterocycles. The molecule has 1 aliphatic heterocycles. The molecule has 6 nitrogen and oxygen atoms in total. The number of aromatic nitrogens is 2. The van der Waals surface area contributed by atoms with Gasteiger partial charge in [0.1, 0.15) is 11.6 Å². The molecule has 0 aliphatic carbocycles. The predicted octanol–water partition coefficient (Wildman–Crippen LogP) is 6.01. The van der Waals surface area contributed by atoms with Gasteiger partial charge in [0.05, 0.1) is 22.0 Å². The fourth-order valence-electron chi connectivity index (χ4n) is 4.34. The summed E-state index contributed by atoms with van der Waals surface area (Å²) in [5, 5.41) is 2.81. The van der Waals surface area contributed by atoms with Gasteiger partial charge in [-0.05, 0) is 73.9 Å². The number of rotatable bonds is 3. The highest BCUT2D eigenvalue weighted by Crippen LogP contribution is 2.36. The minimum Gasteiger partial charge on any atom is -0.322 e. The molecule has 0 radical (unpaired) electrons. The maximum atomic E-state index is 13.7. The molecule has 8 heteroatoms. The Kier molecular flexibility index (Phi) is 6.24. The Morgan fingerprint density at radius 3 is 2.64 bits per heavy atom. The second-order valence-corrected chi connectivity index (χ2v) is 9.03. The molecular weight excluding hydrogens is 479 g/mol. The Labute approximate surface area is 212 Å². The number of carbonyl (C=O) groups excluding carboxylic acids is 2. The molecule has 0 saturated carbocycles. The number of carbonyl (C=O) groups is 2. The lowest BCUT2D eigenvalue weighted by atomic mass is 10.0. The van der Waals surface area contributed by atoms with Crippen LogP contribution in [0.15, 0.2) is 66.9 Å². The van der Waals surface area contributed by atoms with E-state index >= 15 is 0 Å². The van der Waals surface area contributed by atoms with Crippen LogP contribution in [0.5, 0.6) is 0 Å². The first-order valence-corrected chi connectivity index (χ1v) is 11.8. The summed E-state index contributed by atoms with van der Waals surface area (Å²) in [6.07, 6.45) is 2.46. The van der Waals surface area contributed by atoms with E-state index in [0.29, 0.717) is 35.6 Å². The molecule has 0 atom stereocenters. The van der Waals surface area contributed by atoms with Gasteiger partial charge >= 0.3 is 0 Å². The Morgan fingerprint density at radius 2 is 1.86 bits per heavy atom. The molecule has 2 amide bonds. The van der Waals surface area contributed by atoms with Crippen LogP contribution in [-0.4, -0.2) is 28.3 Å². The molecule has 180 valence electrons. The first kappa shape index (κ1) is 23.6. The fourth-order valence-corrected chi connectivity index (χ4v) is 4.59. The molecule has 1 aromatic heterocycles. The molecule has 4 aromatic rings. The van der Waals surface area contributed by atoms with E-state index in [1.807, 2.05) is 44.3 Å². The number of hydrogen-bond acceptors (Lipinski definition) is 4. The van der Waals surface area contributed by atoms with E-state index in [1.54, 1.807) is 23.1 Å². The van der Waals surface area contributed by atoms with Gasteiger partial charge in [0.15, 0.2) is 0 Å². The second kappa shape index (κ2) is 9.51. The zero-order valence-electron chi connectivity index (χ0n) is 19.7. The van der Waals surface area contributed by atoms with Crippen LogP contribution in [0.4, 0.5) is 15.8 Å². The Balaban J connectivity index is 1.43. The van der Waals surface area contributed by atoms with Gasteiger partial charge in [0.2, 0.25) is 0 Å². The van der Waals surface area contributed by atoms with E-state index in [0.717, 1.165) is 28.6 Å². The maximum absolute atomic E-state index is 13.7. The van der Waals surface area contributed by atoms with Crippen LogP contribution in [-0.2, 0) is 6.42 Å². The number of hydrogen-bond donors (Lipinski definition) is 1. The average Bonchev–Trinajstić information content (AvgIpc) is 3.01. The summed E-state index contributed by atoms with van der Waals surface area (Å²) in [4.78, 5) is 37.1. The quantitative estimate of drug-likeness (QED) is 0.374. The van der Waals surface area contributed by atoms with Crippen molar-refractivity contribution in [3.05, 3.63) is 106 Å². The molecule has 1 N–H and O–H groups in total. The maximum Gasteiger partial charge on any atom is 0.258 e. The van der Waals surface area contributed by atoms with Gasteiger partial charge in [-0.2, -0.15) is 0 Å². The molecule has 0 spiro atoms. The van der Waals surface area contributed by atoms with Gasteiger partial charge in [-0.15, -0.1) is 0 Å². The number of nitrogens with zero attached hydrogens (tertiary/aromatic N) is 3. The van der Waals surface area contributed by atoms with Gasteiger partial charge in [0.25, 0.3) is 11.8 Å². The Bertz CT molecular complexity index is 1520. The van der Waals surface area contributed by atoms with Crippen molar-refractivity contribution in [3.63, 3.8) is 0 Å². The van der Waals surface area contributed by atoms with Crippen LogP contribution in [0.1, 0.15) is 37.7 Å². The normalized spacial score (nSPS) is 12.4. The van der Waals surface area contributed by atoms with Crippen LogP contribution >= 0.6 is 11.6 Å². The monoisotopic (exact) mass is 500 g/mol. The SMILES string of the molecule is Cc1ncc2c(n1)-c1ccccc1N(C(=O)c1ccc(NC(=O)c3ccc(F)cc3Cl)c(C)c1)CC2. The minimum atomic E-state index is -0.518. The smallest absolute Gasteiger partial charge is 0.258 e. The number of anilines is 2. The van der Waals surface area contributed by atoms with Crippen molar-refractivity contribution in [3.8, 4) is 11.3 Å².